The van der Waals surface area contributed by atoms with Crippen molar-refractivity contribution in [2.45, 2.75) is 64.6 Å². The molecule has 238 valence electrons. The van der Waals surface area contributed by atoms with Crippen LogP contribution in [0.5, 0.6) is 0 Å². The molecule has 0 saturated carbocycles. The average molecular weight is 607 g/mol. The Labute approximate surface area is 240 Å². The van der Waals surface area contributed by atoms with Gasteiger partial charge in [-0.3, -0.25) is 24.6 Å². The molecule has 0 aliphatic rings. The highest BCUT2D eigenvalue weighted by Crippen LogP contribution is 2.39. The van der Waals surface area contributed by atoms with E-state index in [1.807, 2.05) is 10.6 Å². The van der Waals surface area contributed by atoms with Crippen LogP contribution in [0.3, 0.4) is 0 Å². The molecule has 0 bridgehead atoms. The summed E-state index contributed by atoms with van der Waals surface area (Å²) in [6, 6.07) is -6.27. The van der Waals surface area contributed by atoms with Gasteiger partial charge < -0.3 is 46.8 Å². The van der Waals surface area contributed by atoms with E-state index < -0.39 is 90.6 Å². The number of carboxylic acid groups (broad SMARTS) is 5. The fraction of sp³-hybridized carbons (Fsp3) is 0.652. The van der Waals surface area contributed by atoms with Gasteiger partial charge in [-0.05, 0) is 33.1 Å². The topological polar surface area (TPSA) is 301 Å². The van der Waals surface area contributed by atoms with Gasteiger partial charge in [-0.15, -0.1) is 0 Å². The van der Waals surface area contributed by atoms with Crippen molar-refractivity contribution in [3.63, 3.8) is 0 Å². The Balaban J connectivity index is 5.05. The lowest BCUT2D eigenvalue weighted by atomic mass is 9.68. The summed E-state index contributed by atoms with van der Waals surface area (Å²) in [6.07, 6.45) is 0.334. The monoisotopic (exact) mass is 606 g/mol. The molecule has 42 heavy (non-hydrogen) atoms. The Morgan fingerprint density at radius 2 is 1.21 bits per heavy atom. The van der Waals surface area contributed by atoms with Gasteiger partial charge >= 0.3 is 47.9 Å². The minimum Gasteiger partial charge on any atom is -0.480 e. The van der Waals surface area contributed by atoms with E-state index in [2.05, 4.69) is 16.0 Å². The van der Waals surface area contributed by atoms with Crippen LogP contribution in [-0.2, 0) is 24.0 Å². The van der Waals surface area contributed by atoms with Gasteiger partial charge in [-0.1, -0.05) is 13.8 Å². The van der Waals surface area contributed by atoms with Crippen molar-refractivity contribution in [2.24, 2.45) is 5.41 Å². The smallest absolute Gasteiger partial charge is 0.326 e. The molecule has 0 aliphatic heterocycles. The van der Waals surface area contributed by atoms with E-state index in [1.165, 1.54) is 27.7 Å². The number of nitrogens with one attached hydrogen (secondary N) is 5. The van der Waals surface area contributed by atoms with Crippen LogP contribution in [0, 0.1) is 5.41 Å². The number of carbonyl (C=O) groups excluding carboxylic acids is 3. The number of hydrogen-bond acceptors (Lipinski definition) is 9. The lowest BCUT2D eigenvalue weighted by molar-refractivity contribution is -0.151. The quantitative estimate of drug-likeness (QED) is 0.0814. The molecule has 2 unspecified atom stereocenters. The van der Waals surface area contributed by atoms with E-state index in [-0.39, 0.29) is 25.8 Å². The molecule has 0 radical (unpaired) electrons. The van der Waals surface area contributed by atoms with Crippen LogP contribution < -0.4 is 26.6 Å². The third-order valence-corrected chi connectivity index (χ3v) is 6.70. The van der Waals surface area contributed by atoms with Gasteiger partial charge in [0.05, 0.1) is 13.1 Å². The minimum atomic E-state index is -1.71. The van der Waals surface area contributed by atoms with Crippen molar-refractivity contribution in [3.05, 3.63) is 0 Å². The number of rotatable bonds is 18. The summed E-state index contributed by atoms with van der Waals surface area (Å²) < 4.78 is 0. The van der Waals surface area contributed by atoms with Crippen LogP contribution in [-0.4, -0.2) is 122 Å². The van der Waals surface area contributed by atoms with Crippen molar-refractivity contribution in [3.8, 4) is 0 Å². The summed E-state index contributed by atoms with van der Waals surface area (Å²) in [6.45, 7) is 3.41. The number of nitrogens with zero attached hydrogens (tertiary/aromatic N) is 1. The second-order valence-corrected chi connectivity index (χ2v) is 10.2. The first-order valence-corrected chi connectivity index (χ1v) is 12.5. The number of aliphatic carboxylic acids is 5. The lowest BCUT2D eigenvalue weighted by Crippen LogP contribution is -2.66. The molecule has 0 rings (SSSR count). The van der Waals surface area contributed by atoms with Gasteiger partial charge in [0.2, 0.25) is 0 Å². The molecule has 0 saturated heterocycles. The van der Waals surface area contributed by atoms with E-state index in [1.54, 1.807) is 0 Å². The maximum absolute atomic E-state index is 12.4. The summed E-state index contributed by atoms with van der Waals surface area (Å²) in [5, 5.41) is 56.3. The second kappa shape index (κ2) is 16.6. The molecule has 0 aromatic heterocycles. The molecule has 2 atom stereocenters. The summed E-state index contributed by atoms with van der Waals surface area (Å²) in [5.41, 5.74) is -2.90. The Kier molecular flexibility index (Phi) is 14.7. The molecule has 6 amide bonds. The van der Waals surface area contributed by atoms with E-state index in [4.69, 9.17) is 5.11 Å². The van der Waals surface area contributed by atoms with Crippen molar-refractivity contribution in [1.82, 2.24) is 31.5 Å². The van der Waals surface area contributed by atoms with Crippen LogP contribution in [0.25, 0.3) is 0 Å². The fourth-order valence-corrected chi connectivity index (χ4v) is 3.70. The van der Waals surface area contributed by atoms with E-state index in [0.717, 1.165) is 4.90 Å². The van der Waals surface area contributed by atoms with Gasteiger partial charge in [-0.2, -0.15) is 0 Å². The number of amides is 6. The van der Waals surface area contributed by atoms with Crippen LogP contribution in [0.2, 0.25) is 0 Å². The number of carbonyl (C=O) groups is 8. The molecular formula is C23H38N6O13. The molecule has 0 aromatic rings. The third kappa shape index (κ3) is 12.7. The fourth-order valence-electron chi connectivity index (χ4n) is 3.70. The van der Waals surface area contributed by atoms with Crippen molar-refractivity contribution >= 4 is 47.9 Å². The molecule has 0 fully saturated rings. The lowest BCUT2D eigenvalue weighted by Gasteiger charge is -2.50. The summed E-state index contributed by atoms with van der Waals surface area (Å²) in [4.78, 5) is 93.5. The summed E-state index contributed by atoms with van der Waals surface area (Å²) in [7, 11) is 0. The van der Waals surface area contributed by atoms with Gasteiger partial charge in [0.15, 0.2) is 0 Å². The van der Waals surface area contributed by atoms with Crippen LogP contribution in [0.15, 0.2) is 0 Å². The largest absolute Gasteiger partial charge is 0.480 e. The zero-order valence-electron chi connectivity index (χ0n) is 23.6. The summed E-state index contributed by atoms with van der Waals surface area (Å²) in [5.74, 6) is -6.93. The normalized spacial score (nSPS) is 12.8. The molecule has 19 heteroatoms. The van der Waals surface area contributed by atoms with E-state index in [0.29, 0.717) is 0 Å². The zero-order chi connectivity index (χ0) is 32.8. The standard InChI is InChI=1S/C23H38N6O13/c1-22(2,23(3,4)29(10-14(32)33)11-15(34)35)16(18(38)39)27-21(42)28-19(40)24-8-6-5-7-12(17(36)37)26-20(41)25-9-13(30)31/h12,16H,5-11H2,1-4H3,(H,30,31)(H,32,33)(H,34,35)(H,36,37)(H,38,39)(H2,25,26,41)(H3,24,27,28,40,42). The Bertz CT molecular complexity index is 1030. The van der Waals surface area contributed by atoms with E-state index in [9.17, 15) is 58.8 Å². The molecule has 0 aliphatic carbocycles. The first kappa shape index (κ1) is 37.3. The second-order valence-electron chi connectivity index (χ2n) is 10.2. The number of imide groups is 1. The van der Waals surface area contributed by atoms with Gasteiger partial charge in [0, 0.05) is 17.5 Å². The van der Waals surface area contributed by atoms with Gasteiger partial charge in [0.1, 0.15) is 18.6 Å². The summed E-state index contributed by atoms with van der Waals surface area (Å²) >= 11 is 0. The Morgan fingerprint density at radius 1 is 0.667 bits per heavy atom. The maximum Gasteiger partial charge on any atom is 0.326 e. The average Bonchev–Trinajstić information content (AvgIpc) is 2.83. The molecule has 19 nitrogen and oxygen atoms in total. The molecule has 0 spiro atoms. The van der Waals surface area contributed by atoms with E-state index >= 15 is 0 Å². The number of hydrogen-bond donors (Lipinski definition) is 10. The van der Waals surface area contributed by atoms with Crippen molar-refractivity contribution in [2.75, 3.05) is 26.2 Å². The molecule has 0 aromatic carbocycles. The van der Waals surface area contributed by atoms with Gasteiger partial charge in [-0.25, -0.2) is 24.0 Å². The predicted molar refractivity (Wildman–Crippen MR) is 141 cm³/mol. The molecular weight excluding hydrogens is 568 g/mol. The number of unbranched alkanes of at least 4 members (excludes halogenated alkanes) is 1. The van der Waals surface area contributed by atoms with Crippen molar-refractivity contribution in [1.29, 1.82) is 0 Å². The molecule has 0 heterocycles. The highest BCUT2D eigenvalue weighted by molar-refractivity contribution is 5.95. The first-order chi connectivity index (χ1) is 19.2. The zero-order valence-corrected chi connectivity index (χ0v) is 23.6. The predicted octanol–water partition coefficient (Wildman–Crippen LogP) is -1.27. The van der Waals surface area contributed by atoms with Gasteiger partial charge in [0.25, 0.3) is 0 Å². The third-order valence-electron chi connectivity index (χ3n) is 6.70. The highest BCUT2D eigenvalue weighted by Gasteiger charge is 2.51. The van der Waals surface area contributed by atoms with Crippen molar-refractivity contribution < 1.29 is 63.9 Å². The number of carboxylic acids is 5. The minimum absolute atomic E-state index is 0.0448. The molecule has 10 N–H and O–H groups in total. The van der Waals surface area contributed by atoms with Crippen LogP contribution in [0.4, 0.5) is 14.4 Å². The number of urea groups is 3. The first-order valence-electron chi connectivity index (χ1n) is 12.5. The van der Waals surface area contributed by atoms with Crippen LogP contribution >= 0.6 is 0 Å². The van der Waals surface area contributed by atoms with Crippen LogP contribution in [0.1, 0.15) is 47.0 Å². The Hall–Kier alpha value is -4.68. The Morgan fingerprint density at radius 3 is 1.67 bits per heavy atom. The SMILES string of the molecule is CC(C)(C(NC(=O)NC(=O)NCCCCC(NC(=O)NCC(=O)O)C(=O)O)C(=O)O)C(C)(C)N(CC(=O)O)CC(=O)O. The highest BCUT2D eigenvalue weighted by atomic mass is 16.4. The maximum atomic E-state index is 12.4.